The normalized spacial score (nSPS) is 10.6. The Bertz CT molecular complexity index is 503. The molecule has 8 heteroatoms. The fourth-order valence-corrected chi connectivity index (χ4v) is 1.70. The van der Waals surface area contributed by atoms with E-state index in [-0.39, 0.29) is 6.54 Å². The fraction of sp³-hybridized carbons (Fsp3) is 0.111. The van der Waals surface area contributed by atoms with Gasteiger partial charge in [-0.15, -0.1) is 11.3 Å². The SMILES string of the molecule is Fc1nc(F)c(F)c(NCc2nccs2)c1F. The minimum atomic E-state index is -1.69. The summed E-state index contributed by atoms with van der Waals surface area (Å²) in [6.45, 7) is -0.0333. The van der Waals surface area contributed by atoms with E-state index in [1.54, 1.807) is 5.38 Å². The van der Waals surface area contributed by atoms with Gasteiger partial charge in [0.25, 0.3) is 11.9 Å². The lowest BCUT2D eigenvalue weighted by Crippen LogP contribution is -2.09. The van der Waals surface area contributed by atoms with Gasteiger partial charge in [-0.1, -0.05) is 0 Å². The molecule has 2 heterocycles. The van der Waals surface area contributed by atoms with Crippen LogP contribution in [0.25, 0.3) is 0 Å². The van der Waals surface area contributed by atoms with Crippen LogP contribution in [0.5, 0.6) is 0 Å². The fourth-order valence-electron chi connectivity index (χ4n) is 1.15. The summed E-state index contributed by atoms with van der Waals surface area (Å²) in [5.41, 5.74) is -0.884. The van der Waals surface area contributed by atoms with Gasteiger partial charge >= 0.3 is 0 Å². The number of anilines is 1. The lowest BCUT2D eigenvalue weighted by atomic mass is 10.3. The maximum Gasteiger partial charge on any atom is 0.253 e. The Hall–Kier alpha value is -1.70. The number of aromatic nitrogens is 2. The molecule has 0 atom stereocenters. The second-order valence-electron chi connectivity index (χ2n) is 2.98. The number of nitrogens with zero attached hydrogens (tertiary/aromatic N) is 2. The minimum Gasteiger partial charge on any atom is -0.373 e. The Morgan fingerprint density at radius 1 is 1.12 bits per heavy atom. The molecule has 90 valence electrons. The van der Waals surface area contributed by atoms with Crippen molar-refractivity contribution in [2.24, 2.45) is 0 Å². The molecule has 0 unspecified atom stereocenters. The van der Waals surface area contributed by atoms with Crippen molar-refractivity contribution in [3.63, 3.8) is 0 Å². The summed E-state index contributed by atoms with van der Waals surface area (Å²) in [7, 11) is 0. The van der Waals surface area contributed by atoms with E-state index in [1.165, 1.54) is 17.5 Å². The zero-order valence-electron chi connectivity index (χ0n) is 8.18. The van der Waals surface area contributed by atoms with Crippen molar-refractivity contribution < 1.29 is 17.6 Å². The number of hydrogen-bond acceptors (Lipinski definition) is 4. The Labute approximate surface area is 97.1 Å². The molecule has 0 aromatic carbocycles. The predicted octanol–water partition coefficient (Wildman–Crippen LogP) is 2.71. The number of pyridine rings is 1. The molecule has 17 heavy (non-hydrogen) atoms. The maximum absolute atomic E-state index is 13.1. The highest BCUT2D eigenvalue weighted by Crippen LogP contribution is 2.22. The third-order valence-corrected chi connectivity index (χ3v) is 2.68. The number of halogens is 4. The van der Waals surface area contributed by atoms with E-state index < -0.39 is 29.2 Å². The second-order valence-corrected chi connectivity index (χ2v) is 3.95. The van der Waals surface area contributed by atoms with Gasteiger partial charge in [0.1, 0.15) is 10.7 Å². The number of hydrogen-bond donors (Lipinski definition) is 1. The first-order valence-corrected chi connectivity index (χ1v) is 5.29. The molecule has 0 aliphatic carbocycles. The van der Waals surface area contributed by atoms with Crippen LogP contribution in [0.3, 0.4) is 0 Å². The van der Waals surface area contributed by atoms with Crippen LogP contribution in [0.2, 0.25) is 0 Å². The van der Waals surface area contributed by atoms with Gasteiger partial charge in [0, 0.05) is 11.6 Å². The monoisotopic (exact) mass is 263 g/mol. The zero-order chi connectivity index (χ0) is 12.4. The lowest BCUT2D eigenvalue weighted by Gasteiger charge is -2.07. The first kappa shape index (κ1) is 11.8. The van der Waals surface area contributed by atoms with Crippen LogP contribution < -0.4 is 5.32 Å². The van der Waals surface area contributed by atoms with Crippen molar-refractivity contribution in [3.8, 4) is 0 Å². The van der Waals surface area contributed by atoms with Gasteiger partial charge < -0.3 is 5.32 Å². The van der Waals surface area contributed by atoms with Crippen molar-refractivity contribution in [2.45, 2.75) is 6.54 Å². The van der Waals surface area contributed by atoms with Crippen molar-refractivity contribution in [1.82, 2.24) is 9.97 Å². The molecule has 0 aliphatic rings. The van der Waals surface area contributed by atoms with Gasteiger partial charge in [0.2, 0.25) is 11.6 Å². The molecule has 2 aromatic rings. The molecule has 1 N–H and O–H groups in total. The smallest absolute Gasteiger partial charge is 0.253 e. The minimum absolute atomic E-state index is 0.0333. The van der Waals surface area contributed by atoms with Gasteiger partial charge in [0.15, 0.2) is 0 Å². The lowest BCUT2D eigenvalue weighted by molar-refractivity contribution is 0.410. The molecule has 0 fully saturated rings. The Kier molecular flexibility index (Phi) is 3.23. The van der Waals surface area contributed by atoms with Gasteiger partial charge in [0.05, 0.1) is 6.54 Å². The standard InChI is InChI=1S/C9H5F4N3S/c10-5-7(6(11)9(13)16-8(5)12)15-3-4-14-1-2-17-4/h1-2H,3H2,(H,15,16). The summed E-state index contributed by atoms with van der Waals surface area (Å²) in [4.78, 5) is 6.29. The largest absolute Gasteiger partial charge is 0.373 e. The van der Waals surface area contributed by atoms with E-state index in [9.17, 15) is 17.6 Å². The molecular formula is C9H5F4N3S. The molecule has 0 aliphatic heterocycles. The molecule has 0 amide bonds. The first-order valence-electron chi connectivity index (χ1n) is 4.42. The molecular weight excluding hydrogens is 258 g/mol. The average molecular weight is 263 g/mol. The van der Waals surface area contributed by atoms with Gasteiger partial charge in [-0.3, -0.25) is 0 Å². The van der Waals surface area contributed by atoms with Crippen LogP contribution >= 0.6 is 11.3 Å². The third-order valence-electron chi connectivity index (χ3n) is 1.90. The quantitative estimate of drug-likeness (QED) is 0.683. The Morgan fingerprint density at radius 2 is 1.76 bits per heavy atom. The maximum atomic E-state index is 13.1. The van der Waals surface area contributed by atoms with Gasteiger partial charge in [-0.2, -0.15) is 22.5 Å². The molecule has 2 aromatic heterocycles. The topological polar surface area (TPSA) is 37.8 Å². The molecule has 0 bridgehead atoms. The highest BCUT2D eigenvalue weighted by molar-refractivity contribution is 7.09. The van der Waals surface area contributed by atoms with Crippen molar-refractivity contribution in [3.05, 3.63) is 40.1 Å². The van der Waals surface area contributed by atoms with E-state index >= 15 is 0 Å². The average Bonchev–Trinajstić information content (AvgIpc) is 2.79. The van der Waals surface area contributed by atoms with Gasteiger partial charge in [-0.25, -0.2) is 4.98 Å². The summed E-state index contributed by atoms with van der Waals surface area (Å²) in [5, 5.41) is 4.44. The Balaban J connectivity index is 2.26. The summed E-state index contributed by atoms with van der Waals surface area (Å²) < 4.78 is 51.8. The van der Waals surface area contributed by atoms with Crippen molar-refractivity contribution in [2.75, 3.05) is 5.32 Å². The molecule has 3 nitrogen and oxygen atoms in total. The molecule has 0 spiro atoms. The highest BCUT2D eigenvalue weighted by atomic mass is 32.1. The van der Waals surface area contributed by atoms with Crippen LogP contribution in [0.4, 0.5) is 23.2 Å². The van der Waals surface area contributed by atoms with Crippen LogP contribution in [0, 0.1) is 23.5 Å². The molecule has 0 saturated carbocycles. The van der Waals surface area contributed by atoms with E-state index in [0.29, 0.717) is 5.01 Å². The summed E-state index contributed by atoms with van der Waals surface area (Å²) in [5.74, 6) is -6.49. The zero-order valence-corrected chi connectivity index (χ0v) is 8.99. The highest BCUT2D eigenvalue weighted by Gasteiger charge is 2.20. The molecule has 2 rings (SSSR count). The van der Waals surface area contributed by atoms with Crippen LogP contribution in [-0.2, 0) is 6.54 Å². The predicted molar refractivity (Wildman–Crippen MR) is 53.5 cm³/mol. The van der Waals surface area contributed by atoms with E-state index in [4.69, 9.17) is 0 Å². The first-order chi connectivity index (χ1) is 8.09. The van der Waals surface area contributed by atoms with Crippen LogP contribution in [0.1, 0.15) is 5.01 Å². The number of rotatable bonds is 3. The van der Waals surface area contributed by atoms with Crippen molar-refractivity contribution in [1.29, 1.82) is 0 Å². The number of thiazole rings is 1. The number of nitrogens with one attached hydrogen (secondary N) is 1. The van der Waals surface area contributed by atoms with E-state index in [2.05, 4.69) is 15.3 Å². The third kappa shape index (κ3) is 2.36. The second kappa shape index (κ2) is 4.66. The van der Waals surface area contributed by atoms with Gasteiger partial charge in [-0.05, 0) is 0 Å². The molecule has 0 radical (unpaired) electrons. The summed E-state index contributed by atoms with van der Waals surface area (Å²) in [6.07, 6.45) is 1.50. The van der Waals surface area contributed by atoms with E-state index in [0.717, 1.165) is 0 Å². The summed E-state index contributed by atoms with van der Waals surface area (Å²) in [6, 6.07) is 0. The summed E-state index contributed by atoms with van der Waals surface area (Å²) >= 11 is 1.24. The van der Waals surface area contributed by atoms with Crippen LogP contribution in [-0.4, -0.2) is 9.97 Å². The molecule has 0 saturated heterocycles. The van der Waals surface area contributed by atoms with Crippen LogP contribution in [0.15, 0.2) is 11.6 Å². The Morgan fingerprint density at radius 3 is 2.29 bits per heavy atom. The van der Waals surface area contributed by atoms with E-state index in [1.807, 2.05) is 0 Å². The van der Waals surface area contributed by atoms with Crippen molar-refractivity contribution >= 4 is 17.0 Å².